The molecule has 0 bridgehead atoms. The number of thiophene rings is 1. The monoisotopic (exact) mass is 549 g/mol. The molecule has 3 heterocycles. The highest BCUT2D eigenvalue weighted by atomic mass is 32.2. The van der Waals surface area contributed by atoms with Gasteiger partial charge in [0, 0.05) is 45.0 Å². The Kier molecular flexibility index (Phi) is 8.01. The molecule has 13 heteroatoms. The van der Waals surface area contributed by atoms with E-state index in [0.29, 0.717) is 38.5 Å². The van der Waals surface area contributed by atoms with Crippen LogP contribution in [0, 0.1) is 0 Å². The van der Waals surface area contributed by atoms with E-state index >= 15 is 0 Å². The van der Waals surface area contributed by atoms with Crippen LogP contribution < -0.4 is 4.90 Å². The Hall–Kier alpha value is -1.74. The van der Waals surface area contributed by atoms with E-state index in [1.807, 2.05) is 4.90 Å². The molecule has 0 spiro atoms. The van der Waals surface area contributed by atoms with Crippen molar-refractivity contribution < 1.29 is 36.5 Å². The minimum absolute atomic E-state index is 0.121. The molecule has 1 aromatic carbocycles. The molecule has 3 atom stereocenters. The highest BCUT2D eigenvalue weighted by molar-refractivity contribution is 7.91. The number of anilines is 1. The Labute approximate surface area is 212 Å². The van der Waals surface area contributed by atoms with Gasteiger partial charge in [0.15, 0.2) is 5.60 Å². The summed E-state index contributed by atoms with van der Waals surface area (Å²) in [6.07, 6.45) is -5.15. The van der Waals surface area contributed by atoms with Gasteiger partial charge in [-0.1, -0.05) is 18.2 Å². The van der Waals surface area contributed by atoms with Crippen LogP contribution in [0.2, 0.25) is 0 Å². The molecule has 1 aromatic heterocycles. The number of benzene rings is 1. The molecular formula is C23H30F3N3O5S2. The Bertz CT molecular complexity index is 1110. The molecule has 2 aliphatic rings. The van der Waals surface area contributed by atoms with Crippen LogP contribution >= 0.6 is 11.3 Å². The summed E-state index contributed by atoms with van der Waals surface area (Å²) in [7, 11) is -3.67. The average Bonchev–Trinajstić information content (AvgIpc) is 3.40. The number of ether oxygens (including phenoxy) is 1. The third-order valence-corrected chi connectivity index (χ3v) is 9.98. The molecule has 36 heavy (non-hydrogen) atoms. The fraction of sp³-hybridized carbons (Fsp3) is 0.565. The van der Waals surface area contributed by atoms with Gasteiger partial charge in [0.2, 0.25) is 0 Å². The highest BCUT2D eigenvalue weighted by Gasteiger charge is 2.51. The number of halogens is 3. The van der Waals surface area contributed by atoms with E-state index in [4.69, 9.17) is 4.74 Å². The van der Waals surface area contributed by atoms with Crippen molar-refractivity contribution in [2.24, 2.45) is 0 Å². The summed E-state index contributed by atoms with van der Waals surface area (Å²) < 4.78 is 73.5. The zero-order valence-corrected chi connectivity index (χ0v) is 21.4. The third-order valence-electron chi connectivity index (χ3n) is 6.74. The van der Waals surface area contributed by atoms with Gasteiger partial charge in [-0.15, -0.1) is 11.3 Å². The normalized spacial score (nSPS) is 24.6. The van der Waals surface area contributed by atoms with Gasteiger partial charge in [-0.2, -0.15) is 17.5 Å². The zero-order valence-electron chi connectivity index (χ0n) is 19.8. The van der Waals surface area contributed by atoms with Crippen LogP contribution in [-0.2, 0) is 20.4 Å². The molecule has 200 valence electrons. The second kappa shape index (κ2) is 10.6. The molecule has 0 amide bonds. The van der Waals surface area contributed by atoms with Gasteiger partial charge in [0.25, 0.3) is 10.0 Å². The molecule has 0 aliphatic carbocycles. The molecule has 8 nitrogen and oxygen atoms in total. The predicted molar refractivity (Wildman–Crippen MR) is 130 cm³/mol. The number of hydrogen-bond acceptors (Lipinski definition) is 8. The Morgan fingerprint density at radius 3 is 2.44 bits per heavy atom. The quantitative estimate of drug-likeness (QED) is 0.547. The van der Waals surface area contributed by atoms with Crippen molar-refractivity contribution in [2.75, 3.05) is 57.4 Å². The predicted octanol–water partition coefficient (Wildman–Crippen LogP) is 2.09. The van der Waals surface area contributed by atoms with Gasteiger partial charge in [-0.3, -0.25) is 4.90 Å². The average molecular weight is 550 g/mol. The van der Waals surface area contributed by atoms with E-state index in [1.165, 1.54) is 28.6 Å². The van der Waals surface area contributed by atoms with E-state index in [1.54, 1.807) is 17.5 Å². The lowest BCUT2D eigenvalue weighted by atomic mass is 9.95. The molecule has 2 fully saturated rings. The molecule has 2 aromatic rings. The molecule has 0 saturated carbocycles. The first kappa shape index (κ1) is 27.3. The van der Waals surface area contributed by atoms with Crippen LogP contribution in [0.1, 0.15) is 12.5 Å². The molecule has 2 N–H and O–H groups in total. The molecule has 0 radical (unpaired) electrons. The molecule has 4 rings (SSSR count). The molecular weight excluding hydrogens is 519 g/mol. The van der Waals surface area contributed by atoms with E-state index < -0.39 is 21.8 Å². The first-order valence-corrected chi connectivity index (χ1v) is 13.9. The second-order valence-corrected chi connectivity index (χ2v) is 12.3. The lowest BCUT2D eigenvalue weighted by Gasteiger charge is -2.45. The van der Waals surface area contributed by atoms with Gasteiger partial charge in [-0.05, 0) is 36.1 Å². The number of piperazine rings is 1. The summed E-state index contributed by atoms with van der Waals surface area (Å²) >= 11 is 1.15. The maximum absolute atomic E-state index is 13.3. The highest BCUT2D eigenvalue weighted by Crippen LogP contribution is 2.39. The number of morpholine rings is 1. The van der Waals surface area contributed by atoms with Crippen molar-refractivity contribution in [3.05, 3.63) is 47.3 Å². The van der Waals surface area contributed by atoms with Gasteiger partial charge >= 0.3 is 6.18 Å². The summed E-state index contributed by atoms with van der Waals surface area (Å²) in [5.74, 6) is 0. The summed E-state index contributed by atoms with van der Waals surface area (Å²) in [4.78, 5) is 4.10. The number of aliphatic hydroxyl groups is 2. The molecule has 2 saturated heterocycles. The number of sulfonamides is 1. The van der Waals surface area contributed by atoms with Crippen LogP contribution in [0.5, 0.6) is 0 Å². The topological polar surface area (TPSA) is 93.6 Å². The van der Waals surface area contributed by atoms with Crippen LogP contribution in [0.4, 0.5) is 18.9 Å². The lowest BCUT2D eigenvalue weighted by Crippen LogP contribution is -2.59. The van der Waals surface area contributed by atoms with Crippen LogP contribution in [0.3, 0.4) is 0 Å². The van der Waals surface area contributed by atoms with Crippen molar-refractivity contribution in [2.45, 2.75) is 35.1 Å². The van der Waals surface area contributed by atoms with Crippen LogP contribution in [-0.4, -0.2) is 98.6 Å². The largest absolute Gasteiger partial charge is 0.421 e. The standard InChI is InChI=1S/C23H30F3N3O5S2/c1-22(31,23(24,25)26)17-4-6-18(7-5-17)29-9-8-28(36(32,33)21-3-2-12-35-21)14-19(29)13-27-10-11-34-20(15-27)16-30/h2-7,12,19-20,30-31H,8-11,13-16H2,1H3/t19-,20-,22?/m0/s1. The maximum atomic E-state index is 13.3. The Morgan fingerprint density at radius 2 is 1.83 bits per heavy atom. The minimum atomic E-state index is -4.82. The van der Waals surface area contributed by atoms with Crippen molar-refractivity contribution in [1.82, 2.24) is 9.21 Å². The number of hydrogen-bond donors (Lipinski definition) is 2. The smallest absolute Gasteiger partial charge is 0.394 e. The summed E-state index contributed by atoms with van der Waals surface area (Å²) in [5.41, 5.74) is -2.61. The minimum Gasteiger partial charge on any atom is -0.394 e. The first-order valence-electron chi connectivity index (χ1n) is 11.6. The Morgan fingerprint density at radius 1 is 1.11 bits per heavy atom. The van der Waals surface area contributed by atoms with Gasteiger partial charge in [0.1, 0.15) is 4.21 Å². The number of alkyl halides is 3. The summed E-state index contributed by atoms with van der Waals surface area (Å²) in [6, 6.07) is 8.53. The van der Waals surface area contributed by atoms with Crippen molar-refractivity contribution in [1.29, 1.82) is 0 Å². The summed E-state index contributed by atoms with van der Waals surface area (Å²) in [5, 5.41) is 21.2. The number of nitrogens with zero attached hydrogens (tertiary/aromatic N) is 3. The van der Waals surface area contributed by atoms with Crippen molar-refractivity contribution >= 4 is 27.0 Å². The van der Waals surface area contributed by atoms with Crippen LogP contribution in [0.25, 0.3) is 0 Å². The van der Waals surface area contributed by atoms with Gasteiger partial charge in [0.05, 0.1) is 25.4 Å². The lowest BCUT2D eigenvalue weighted by molar-refractivity contribution is -0.258. The van der Waals surface area contributed by atoms with Gasteiger partial charge < -0.3 is 19.8 Å². The molecule has 2 aliphatic heterocycles. The number of aliphatic hydroxyl groups excluding tert-OH is 1. The van der Waals surface area contributed by atoms with E-state index in [-0.39, 0.29) is 41.6 Å². The zero-order chi connectivity index (χ0) is 26.1. The maximum Gasteiger partial charge on any atom is 0.421 e. The third kappa shape index (κ3) is 5.57. The first-order chi connectivity index (χ1) is 16.9. The van der Waals surface area contributed by atoms with E-state index in [9.17, 15) is 31.8 Å². The fourth-order valence-electron chi connectivity index (χ4n) is 4.57. The number of rotatable bonds is 7. The van der Waals surface area contributed by atoms with Crippen molar-refractivity contribution in [3.63, 3.8) is 0 Å². The van der Waals surface area contributed by atoms with E-state index in [0.717, 1.165) is 18.3 Å². The van der Waals surface area contributed by atoms with Gasteiger partial charge in [-0.25, -0.2) is 8.42 Å². The van der Waals surface area contributed by atoms with Crippen LogP contribution in [0.15, 0.2) is 46.0 Å². The Balaban J connectivity index is 1.59. The summed E-state index contributed by atoms with van der Waals surface area (Å²) in [6.45, 7) is 3.40. The second-order valence-electron chi connectivity index (χ2n) is 9.19. The molecule has 1 unspecified atom stereocenters. The van der Waals surface area contributed by atoms with Crippen molar-refractivity contribution in [3.8, 4) is 0 Å². The fourth-order valence-corrected chi connectivity index (χ4v) is 7.19. The SMILES string of the molecule is CC(O)(c1ccc(N2CCN(S(=O)(=O)c3cccs3)C[C@@H]2CN2CCO[C@H](CO)C2)cc1)C(F)(F)F. The van der Waals surface area contributed by atoms with E-state index in [2.05, 4.69) is 4.90 Å².